The number of amides is 3. The molecule has 1 aliphatic rings. The monoisotopic (exact) mass is 421 g/mol. The van der Waals surface area contributed by atoms with Crippen molar-refractivity contribution in [1.29, 1.82) is 0 Å². The molecule has 0 bridgehead atoms. The van der Waals surface area contributed by atoms with Gasteiger partial charge in [-0.2, -0.15) is 0 Å². The Morgan fingerprint density at radius 2 is 1.77 bits per heavy atom. The van der Waals surface area contributed by atoms with E-state index in [1.54, 1.807) is 24.3 Å². The van der Waals surface area contributed by atoms with Crippen LogP contribution in [0.1, 0.15) is 13.3 Å². The summed E-state index contributed by atoms with van der Waals surface area (Å²) in [4.78, 5) is 37.6. The maximum absolute atomic E-state index is 12.5. The van der Waals surface area contributed by atoms with Gasteiger partial charge >= 0.3 is 6.36 Å². The zero-order valence-electron chi connectivity index (χ0n) is 15.8. The lowest BCUT2D eigenvalue weighted by Gasteiger charge is -2.18. The van der Waals surface area contributed by atoms with Crippen LogP contribution in [0.15, 0.2) is 48.5 Å². The van der Waals surface area contributed by atoms with Crippen molar-refractivity contribution in [2.24, 2.45) is 5.92 Å². The molecule has 1 atom stereocenters. The Balaban J connectivity index is 1.63. The summed E-state index contributed by atoms with van der Waals surface area (Å²) in [7, 11) is 0. The highest BCUT2D eigenvalue weighted by Gasteiger charge is 2.35. The van der Waals surface area contributed by atoms with Crippen molar-refractivity contribution < 1.29 is 32.3 Å². The summed E-state index contributed by atoms with van der Waals surface area (Å²) >= 11 is 0. The summed E-state index contributed by atoms with van der Waals surface area (Å²) in [6, 6.07) is 11.4. The molecule has 0 saturated carbocycles. The van der Waals surface area contributed by atoms with E-state index >= 15 is 0 Å². The van der Waals surface area contributed by atoms with Gasteiger partial charge in [0.05, 0.1) is 5.92 Å². The minimum Gasteiger partial charge on any atom is -0.406 e. The molecule has 2 aromatic rings. The summed E-state index contributed by atoms with van der Waals surface area (Å²) in [5.41, 5.74) is 1.37. The SMILES string of the molecule is CC(=O)Nc1cccc(N2CC(C(=O)Nc3ccc(OC(F)(F)F)cc3)CC2=O)c1. The summed E-state index contributed by atoms with van der Waals surface area (Å²) in [6.45, 7) is 1.51. The zero-order valence-corrected chi connectivity index (χ0v) is 15.8. The molecule has 3 amide bonds. The number of ether oxygens (including phenoxy) is 1. The van der Waals surface area contributed by atoms with Gasteiger partial charge < -0.3 is 20.3 Å². The summed E-state index contributed by atoms with van der Waals surface area (Å²) in [6.07, 6.45) is -4.80. The van der Waals surface area contributed by atoms with Crippen molar-refractivity contribution >= 4 is 34.8 Å². The first-order valence-electron chi connectivity index (χ1n) is 8.95. The average molecular weight is 421 g/mol. The maximum Gasteiger partial charge on any atom is 0.573 e. The fraction of sp³-hybridized carbons (Fsp3) is 0.250. The summed E-state index contributed by atoms with van der Waals surface area (Å²) < 4.78 is 40.4. The number of nitrogens with one attached hydrogen (secondary N) is 2. The number of hydrogen-bond donors (Lipinski definition) is 2. The number of carbonyl (C=O) groups is 3. The van der Waals surface area contributed by atoms with Gasteiger partial charge in [0.2, 0.25) is 17.7 Å². The van der Waals surface area contributed by atoms with Gasteiger partial charge in [-0.25, -0.2) is 0 Å². The molecule has 3 rings (SSSR count). The Bertz CT molecular complexity index is 961. The minimum absolute atomic E-state index is 0.00847. The van der Waals surface area contributed by atoms with Gasteiger partial charge in [0.1, 0.15) is 5.75 Å². The Morgan fingerprint density at radius 1 is 1.07 bits per heavy atom. The van der Waals surface area contributed by atoms with E-state index in [-0.39, 0.29) is 30.5 Å². The van der Waals surface area contributed by atoms with Gasteiger partial charge in [-0.3, -0.25) is 14.4 Å². The molecule has 1 saturated heterocycles. The molecule has 2 aromatic carbocycles. The van der Waals surface area contributed by atoms with Crippen LogP contribution in [0.2, 0.25) is 0 Å². The van der Waals surface area contributed by atoms with E-state index in [4.69, 9.17) is 0 Å². The smallest absolute Gasteiger partial charge is 0.406 e. The van der Waals surface area contributed by atoms with Crippen LogP contribution in [0.25, 0.3) is 0 Å². The number of halogens is 3. The molecule has 0 aromatic heterocycles. The third-order valence-electron chi connectivity index (χ3n) is 4.33. The van der Waals surface area contributed by atoms with Crippen molar-refractivity contribution in [3.05, 3.63) is 48.5 Å². The lowest BCUT2D eigenvalue weighted by molar-refractivity contribution is -0.274. The molecule has 2 N–H and O–H groups in total. The first kappa shape index (κ1) is 21.2. The van der Waals surface area contributed by atoms with E-state index < -0.39 is 23.9 Å². The average Bonchev–Trinajstić information content (AvgIpc) is 3.04. The number of nitrogens with zero attached hydrogens (tertiary/aromatic N) is 1. The van der Waals surface area contributed by atoms with Crippen LogP contribution >= 0.6 is 0 Å². The highest BCUT2D eigenvalue weighted by atomic mass is 19.4. The number of hydrogen-bond acceptors (Lipinski definition) is 4. The molecule has 10 heteroatoms. The predicted octanol–water partition coefficient (Wildman–Crippen LogP) is 3.54. The Kier molecular flexibility index (Phi) is 5.95. The fourth-order valence-electron chi connectivity index (χ4n) is 3.07. The van der Waals surface area contributed by atoms with E-state index in [0.717, 1.165) is 12.1 Å². The molecule has 1 heterocycles. The molecule has 158 valence electrons. The Hall–Kier alpha value is -3.56. The fourth-order valence-corrected chi connectivity index (χ4v) is 3.07. The van der Waals surface area contributed by atoms with Crippen LogP contribution in [0, 0.1) is 5.92 Å². The van der Waals surface area contributed by atoms with Gasteiger partial charge in [0.25, 0.3) is 0 Å². The van der Waals surface area contributed by atoms with Gasteiger partial charge in [-0.15, -0.1) is 13.2 Å². The largest absolute Gasteiger partial charge is 0.573 e. The zero-order chi connectivity index (χ0) is 21.9. The van der Waals surface area contributed by atoms with E-state index in [0.29, 0.717) is 11.4 Å². The molecular weight excluding hydrogens is 403 g/mol. The third kappa shape index (κ3) is 5.49. The molecule has 0 aliphatic carbocycles. The lowest BCUT2D eigenvalue weighted by atomic mass is 10.1. The van der Waals surface area contributed by atoms with Gasteiger partial charge in [-0.05, 0) is 42.5 Å². The van der Waals surface area contributed by atoms with Crippen LogP contribution in [0.4, 0.5) is 30.2 Å². The van der Waals surface area contributed by atoms with Crippen molar-refractivity contribution in [2.45, 2.75) is 19.7 Å². The molecule has 1 aliphatic heterocycles. The van der Waals surface area contributed by atoms with Crippen LogP contribution in [-0.4, -0.2) is 30.6 Å². The van der Waals surface area contributed by atoms with Gasteiger partial charge in [0, 0.05) is 37.0 Å². The number of rotatable bonds is 5. The molecule has 1 unspecified atom stereocenters. The molecule has 0 radical (unpaired) electrons. The van der Waals surface area contributed by atoms with Crippen LogP contribution in [0.3, 0.4) is 0 Å². The summed E-state index contributed by atoms with van der Waals surface area (Å²) in [5.74, 6) is -1.95. The van der Waals surface area contributed by atoms with E-state index in [9.17, 15) is 27.6 Å². The normalized spacial score (nSPS) is 16.3. The lowest BCUT2D eigenvalue weighted by Crippen LogP contribution is -2.28. The van der Waals surface area contributed by atoms with E-state index in [1.807, 2.05) is 0 Å². The van der Waals surface area contributed by atoms with E-state index in [1.165, 1.54) is 24.0 Å². The minimum atomic E-state index is -4.80. The topological polar surface area (TPSA) is 87.7 Å². The van der Waals surface area contributed by atoms with Crippen molar-refractivity contribution in [1.82, 2.24) is 0 Å². The predicted molar refractivity (Wildman–Crippen MR) is 103 cm³/mol. The molecule has 0 spiro atoms. The number of carbonyl (C=O) groups excluding carboxylic acids is 3. The van der Waals surface area contributed by atoms with Crippen LogP contribution in [0.5, 0.6) is 5.75 Å². The first-order chi connectivity index (χ1) is 14.1. The first-order valence-corrected chi connectivity index (χ1v) is 8.95. The van der Waals surface area contributed by atoms with E-state index in [2.05, 4.69) is 15.4 Å². The molecule has 1 fully saturated rings. The van der Waals surface area contributed by atoms with Gasteiger partial charge in [-0.1, -0.05) is 6.07 Å². The van der Waals surface area contributed by atoms with Crippen molar-refractivity contribution in [2.75, 3.05) is 22.1 Å². The number of anilines is 3. The molecule has 7 nitrogen and oxygen atoms in total. The van der Waals surface area contributed by atoms with Crippen molar-refractivity contribution in [3.8, 4) is 5.75 Å². The molecular formula is C20H18F3N3O4. The Labute approximate surface area is 169 Å². The van der Waals surface area contributed by atoms with Gasteiger partial charge in [0.15, 0.2) is 0 Å². The van der Waals surface area contributed by atoms with Crippen LogP contribution in [-0.2, 0) is 14.4 Å². The quantitative estimate of drug-likeness (QED) is 0.773. The highest BCUT2D eigenvalue weighted by molar-refractivity contribution is 6.04. The second kappa shape index (κ2) is 8.44. The maximum atomic E-state index is 12.5. The summed E-state index contributed by atoms with van der Waals surface area (Å²) in [5, 5.41) is 5.22. The van der Waals surface area contributed by atoms with Crippen molar-refractivity contribution in [3.63, 3.8) is 0 Å². The van der Waals surface area contributed by atoms with Crippen LogP contribution < -0.4 is 20.3 Å². The second-order valence-electron chi connectivity index (χ2n) is 6.70. The number of benzene rings is 2. The third-order valence-corrected chi connectivity index (χ3v) is 4.33. The number of alkyl halides is 3. The molecule has 30 heavy (non-hydrogen) atoms. The second-order valence-corrected chi connectivity index (χ2v) is 6.70. The highest BCUT2D eigenvalue weighted by Crippen LogP contribution is 2.29. The standard InChI is InChI=1S/C20H18F3N3O4/c1-12(27)24-15-3-2-4-16(10-15)26-11-13(9-18(26)28)19(29)25-14-5-7-17(8-6-14)30-20(21,22)23/h2-8,10,13H,9,11H2,1H3,(H,24,27)(H,25,29). The Morgan fingerprint density at radius 3 is 2.40 bits per heavy atom.